The van der Waals surface area contributed by atoms with Gasteiger partial charge in [0.2, 0.25) is 0 Å². The molecule has 0 bridgehead atoms. The monoisotopic (exact) mass is 206 g/mol. The number of hydrogen-bond donors (Lipinski definition) is 1. The zero-order valence-corrected chi connectivity index (χ0v) is 7.95. The molecule has 2 aromatic rings. The molecule has 0 radical (unpaired) electrons. The van der Waals surface area contributed by atoms with Crippen LogP contribution in [0.5, 0.6) is 0 Å². The van der Waals surface area contributed by atoms with Crippen LogP contribution in [0.15, 0.2) is 30.6 Å². The van der Waals surface area contributed by atoms with Crippen molar-refractivity contribution in [1.29, 1.82) is 0 Å². The Hall–Kier alpha value is -1.61. The van der Waals surface area contributed by atoms with Crippen LogP contribution < -0.4 is 0 Å². The van der Waals surface area contributed by atoms with Gasteiger partial charge in [0.05, 0.1) is 5.02 Å². The molecule has 0 unspecified atom stereocenters. The molecule has 1 aromatic carbocycles. The van der Waals surface area contributed by atoms with Gasteiger partial charge in [0, 0.05) is 23.5 Å². The van der Waals surface area contributed by atoms with Crippen molar-refractivity contribution in [3.05, 3.63) is 41.2 Å². The van der Waals surface area contributed by atoms with E-state index in [9.17, 15) is 4.79 Å². The van der Waals surface area contributed by atoms with Gasteiger partial charge in [-0.15, -0.1) is 0 Å². The van der Waals surface area contributed by atoms with E-state index < -0.39 is 0 Å². The number of benzene rings is 1. The van der Waals surface area contributed by atoms with Crippen molar-refractivity contribution in [2.45, 2.75) is 0 Å². The van der Waals surface area contributed by atoms with E-state index in [0.717, 1.165) is 11.8 Å². The molecule has 0 saturated heterocycles. The molecule has 0 atom stereocenters. The maximum atomic E-state index is 10.6. The molecule has 14 heavy (non-hydrogen) atoms. The minimum Gasteiger partial charge on any atom is -0.345 e. The molecule has 0 aliphatic heterocycles. The lowest BCUT2D eigenvalue weighted by molar-refractivity contribution is 0.112. The lowest BCUT2D eigenvalue weighted by atomic mass is 10.1. The Labute approximate surface area is 85.7 Å². The van der Waals surface area contributed by atoms with Crippen molar-refractivity contribution in [2.24, 2.45) is 0 Å². The second-order valence-corrected chi connectivity index (χ2v) is 3.14. The number of rotatable bonds is 2. The lowest BCUT2D eigenvalue weighted by Gasteiger charge is -2.02. The van der Waals surface area contributed by atoms with Crippen LogP contribution in [0, 0.1) is 0 Å². The highest BCUT2D eigenvalue weighted by Crippen LogP contribution is 2.27. The van der Waals surface area contributed by atoms with Gasteiger partial charge in [0.15, 0.2) is 6.29 Å². The lowest BCUT2D eigenvalue weighted by Crippen LogP contribution is -1.87. The van der Waals surface area contributed by atoms with Crippen LogP contribution in [0.25, 0.3) is 11.4 Å². The summed E-state index contributed by atoms with van der Waals surface area (Å²) in [4.78, 5) is 17.6. The van der Waals surface area contributed by atoms with Crippen LogP contribution >= 0.6 is 11.6 Å². The maximum Gasteiger partial charge on any atom is 0.151 e. The molecule has 3 nitrogen and oxygen atoms in total. The Morgan fingerprint density at radius 3 is 2.93 bits per heavy atom. The predicted molar refractivity (Wildman–Crippen MR) is 54.4 cm³/mol. The van der Waals surface area contributed by atoms with Gasteiger partial charge in [-0.1, -0.05) is 23.7 Å². The van der Waals surface area contributed by atoms with E-state index in [0.29, 0.717) is 16.4 Å². The van der Waals surface area contributed by atoms with E-state index >= 15 is 0 Å². The summed E-state index contributed by atoms with van der Waals surface area (Å²) in [6.45, 7) is 0. The van der Waals surface area contributed by atoms with Crippen LogP contribution in [0.3, 0.4) is 0 Å². The van der Waals surface area contributed by atoms with Crippen molar-refractivity contribution >= 4 is 17.9 Å². The fourth-order valence-electron chi connectivity index (χ4n) is 1.24. The van der Waals surface area contributed by atoms with Crippen LogP contribution in [-0.4, -0.2) is 16.3 Å². The van der Waals surface area contributed by atoms with Gasteiger partial charge in [-0.3, -0.25) is 4.79 Å². The van der Waals surface area contributed by atoms with Gasteiger partial charge in [0.25, 0.3) is 0 Å². The zero-order chi connectivity index (χ0) is 9.97. The number of aldehydes is 1. The molecule has 0 aliphatic carbocycles. The number of halogens is 1. The van der Waals surface area contributed by atoms with Gasteiger partial charge in [-0.2, -0.15) is 0 Å². The molecule has 1 heterocycles. The van der Waals surface area contributed by atoms with Crippen LogP contribution in [-0.2, 0) is 0 Å². The fourth-order valence-corrected chi connectivity index (χ4v) is 1.50. The second kappa shape index (κ2) is 3.64. The Bertz CT molecular complexity index is 451. The topological polar surface area (TPSA) is 45.8 Å². The molecule has 0 amide bonds. The summed E-state index contributed by atoms with van der Waals surface area (Å²) in [6, 6.07) is 5.25. The molecule has 4 heteroatoms. The van der Waals surface area contributed by atoms with E-state index in [2.05, 4.69) is 9.97 Å². The van der Waals surface area contributed by atoms with E-state index in [-0.39, 0.29) is 0 Å². The van der Waals surface area contributed by atoms with Crippen LogP contribution in [0.4, 0.5) is 0 Å². The van der Waals surface area contributed by atoms with Crippen molar-refractivity contribution in [2.75, 3.05) is 0 Å². The quantitative estimate of drug-likeness (QED) is 0.768. The number of aromatic amines is 1. The number of H-pyrrole nitrogens is 1. The average molecular weight is 207 g/mol. The third-order valence-corrected chi connectivity index (χ3v) is 2.33. The summed E-state index contributed by atoms with van der Waals surface area (Å²) in [7, 11) is 0. The smallest absolute Gasteiger partial charge is 0.151 e. The number of carbonyl (C=O) groups excluding carboxylic acids is 1. The Kier molecular flexibility index (Phi) is 2.33. The number of hydrogen-bond acceptors (Lipinski definition) is 2. The minimum atomic E-state index is 0.428. The molecular formula is C10H7ClN2O. The van der Waals surface area contributed by atoms with E-state index in [1.165, 1.54) is 0 Å². The summed E-state index contributed by atoms with van der Waals surface area (Å²) >= 11 is 6.01. The predicted octanol–water partition coefficient (Wildman–Crippen LogP) is 2.54. The Morgan fingerprint density at radius 2 is 2.29 bits per heavy atom. The third kappa shape index (κ3) is 1.42. The standard InChI is InChI=1S/C10H7ClN2O/c11-9-7(6-14)2-1-3-8(9)10-12-4-5-13-10/h1-6H,(H,12,13). The van der Waals surface area contributed by atoms with E-state index in [1.54, 1.807) is 24.5 Å². The normalized spacial score (nSPS) is 10.1. The highest BCUT2D eigenvalue weighted by Gasteiger charge is 2.08. The minimum absolute atomic E-state index is 0.428. The van der Waals surface area contributed by atoms with Crippen molar-refractivity contribution in [1.82, 2.24) is 9.97 Å². The average Bonchev–Trinajstić information content (AvgIpc) is 2.71. The molecule has 0 saturated carbocycles. The summed E-state index contributed by atoms with van der Waals surface area (Å²) in [5.41, 5.74) is 1.21. The third-order valence-electron chi connectivity index (χ3n) is 1.91. The first kappa shape index (κ1) is 8.97. The number of nitrogens with zero attached hydrogens (tertiary/aromatic N) is 1. The first-order valence-corrected chi connectivity index (χ1v) is 4.44. The van der Waals surface area contributed by atoms with Crippen molar-refractivity contribution in [3.63, 3.8) is 0 Å². The van der Waals surface area contributed by atoms with E-state index in [1.807, 2.05) is 6.07 Å². The number of carbonyl (C=O) groups is 1. The molecule has 1 aromatic heterocycles. The molecular weight excluding hydrogens is 200 g/mol. The van der Waals surface area contributed by atoms with Gasteiger partial charge in [-0.05, 0) is 6.07 Å². The fraction of sp³-hybridized carbons (Fsp3) is 0. The molecule has 0 spiro atoms. The molecule has 2 rings (SSSR count). The zero-order valence-electron chi connectivity index (χ0n) is 7.20. The summed E-state index contributed by atoms with van der Waals surface area (Å²) in [5, 5.41) is 0.428. The van der Waals surface area contributed by atoms with Gasteiger partial charge in [0.1, 0.15) is 5.82 Å². The Balaban J connectivity index is 2.60. The van der Waals surface area contributed by atoms with Gasteiger partial charge in [-0.25, -0.2) is 4.98 Å². The first-order chi connectivity index (χ1) is 6.83. The Morgan fingerprint density at radius 1 is 1.43 bits per heavy atom. The SMILES string of the molecule is O=Cc1cccc(-c2ncc[nH]2)c1Cl. The second-order valence-electron chi connectivity index (χ2n) is 2.76. The van der Waals surface area contributed by atoms with Crippen LogP contribution in [0.2, 0.25) is 5.02 Å². The van der Waals surface area contributed by atoms with Gasteiger partial charge >= 0.3 is 0 Å². The summed E-state index contributed by atoms with van der Waals surface area (Å²) in [5.74, 6) is 0.665. The molecule has 0 aliphatic rings. The number of nitrogens with one attached hydrogen (secondary N) is 1. The molecule has 0 fully saturated rings. The maximum absolute atomic E-state index is 10.6. The van der Waals surface area contributed by atoms with Crippen molar-refractivity contribution < 1.29 is 4.79 Å². The summed E-state index contributed by atoms with van der Waals surface area (Å²) < 4.78 is 0. The first-order valence-electron chi connectivity index (χ1n) is 4.06. The highest BCUT2D eigenvalue weighted by atomic mass is 35.5. The van der Waals surface area contributed by atoms with Crippen molar-refractivity contribution in [3.8, 4) is 11.4 Å². The number of aromatic nitrogens is 2. The molecule has 70 valence electrons. The highest BCUT2D eigenvalue weighted by molar-refractivity contribution is 6.35. The van der Waals surface area contributed by atoms with Crippen LogP contribution in [0.1, 0.15) is 10.4 Å². The largest absolute Gasteiger partial charge is 0.345 e. The summed E-state index contributed by atoms with van der Waals surface area (Å²) in [6.07, 6.45) is 4.08. The van der Waals surface area contributed by atoms with E-state index in [4.69, 9.17) is 11.6 Å². The van der Waals surface area contributed by atoms with Gasteiger partial charge < -0.3 is 4.98 Å². The molecule has 1 N–H and O–H groups in total. The number of imidazole rings is 1.